The van der Waals surface area contributed by atoms with Gasteiger partial charge < -0.3 is 10.1 Å². The van der Waals surface area contributed by atoms with Gasteiger partial charge in [-0.25, -0.2) is 4.39 Å². The van der Waals surface area contributed by atoms with Gasteiger partial charge in [-0.2, -0.15) is 0 Å². The molecule has 17 heavy (non-hydrogen) atoms. The van der Waals surface area contributed by atoms with Crippen LogP contribution in [0.3, 0.4) is 0 Å². The molecule has 0 heterocycles. The molecule has 0 amide bonds. The third kappa shape index (κ3) is 5.02. The minimum atomic E-state index is -0.378. The average molecular weight is 260 g/mol. The summed E-state index contributed by atoms with van der Waals surface area (Å²) in [7, 11) is 0. The predicted octanol–water partition coefficient (Wildman–Crippen LogP) is 3.55. The van der Waals surface area contributed by atoms with E-state index in [-0.39, 0.29) is 23.0 Å². The van der Waals surface area contributed by atoms with Crippen molar-refractivity contribution >= 4 is 11.6 Å². The Kier molecular flexibility index (Phi) is 5.89. The smallest absolute Gasteiger partial charge is 0.142 e. The molecule has 1 rings (SSSR count). The van der Waals surface area contributed by atoms with Crippen molar-refractivity contribution in [2.45, 2.75) is 32.9 Å². The van der Waals surface area contributed by atoms with E-state index < -0.39 is 0 Å². The van der Waals surface area contributed by atoms with Crippen LogP contribution in [0.5, 0.6) is 0 Å². The van der Waals surface area contributed by atoms with E-state index in [1.54, 1.807) is 6.07 Å². The summed E-state index contributed by atoms with van der Waals surface area (Å²) < 4.78 is 18.7. The Balaban J connectivity index is 2.41. The van der Waals surface area contributed by atoms with E-state index in [4.69, 9.17) is 16.3 Å². The summed E-state index contributed by atoms with van der Waals surface area (Å²) in [4.78, 5) is 0. The first kappa shape index (κ1) is 14.4. The highest BCUT2D eigenvalue weighted by atomic mass is 35.5. The van der Waals surface area contributed by atoms with Crippen LogP contribution in [-0.2, 0) is 4.74 Å². The molecule has 4 heteroatoms. The van der Waals surface area contributed by atoms with Crippen LogP contribution in [0.2, 0.25) is 5.02 Å². The zero-order chi connectivity index (χ0) is 12.8. The maximum absolute atomic E-state index is 13.2. The molecule has 0 bridgehead atoms. The first-order chi connectivity index (χ1) is 8.00. The number of rotatable bonds is 6. The maximum atomic E-state index is 13.2. The molecule has 0 spiro atoms. The van der Waals surface area contributed by atoms with E-state index in [2.05, 4.69) is 5.32 Å². The molecule has 0 aliphatic rings. The van der Waals surface area contributed by atoms with Gasteiger partial charge in [-0.15, -0.1) is 0 Å². The Morgan fingerprint density at radius 2 is 2.06 bits per heavy atom. The van der Waals surface area contributed by atoms with Gasteiger partial charge in [0.1, 0.15) is 5.82 Å². The van der Waals surface area contributed by atoms with Crippen LogP contribution in [0.15, 0.2) is 18.2 Å². The minimum Gasteiger partial charge on any atom is -0.377 e. The number of benzene rings is 1. The van der Waals surface area contributed by atoms with Crippen LogP contribution >= 0.6 is 11.6 Å². The van der Waals surface area contributed by atoms with Crippen LogP contribution in [0, 0.1) is 5.82 Å². The molecule has 0 aliphatic carbocycles. The van der Waals surface area contributed by atoms with Gasteiger partial charge in [0, 0.05) is 12.6 Å². The molecular weight excluding hydrogens is 241 g/mol. The van der Waals surface area contributed by atoms with Gasteiger partial charge in [-0.3, -0.25) is 0 Å². The number of hydrogen-bond acceptors (Lipinski definition) is 2. The summed E-state index contributed by atoms with van der Waals surface area (Å²) in [5.74, 6) is -0.378. The molecule has 96 valence electrons. The Labute approximate surface area is 107 Å². The molecule has 0 saturated carbocycles. The van der Waals surface area contributed by atoms with Crippen LogP contribution in [-0.4, -0.2) is 19.3 Å². The lowest BCUT2D eigenvalue weighted by molar-refractivity contribution is 0.0796. The molecule has 1 atom stereocenters. The van der Waals surface area contributed by atoms with Gasteiger partial charge in [-0.1, -0.05) is 17.7 Å². The fraction of sp³-hybridized carbons (Fsp3) is 0.538. The number of ether oxygens (including phenoxy) is 1. The zero-order valence-corrected chi connectivity index (χ0v) is 11.2. The lowest BCUT2D eigenvalue weighted by Gasteiger charge is -2.15. The van der Waals surface area contributed by atoms with Gasteiger partial charge in [0.15, 0.2) is 0 Å². The van der Waals surface area contributed by atoms with E-state index in [0.717, 1.165) is 12.1 Å². The average Bonchev–Trinajstić information content (AvgIpc) is 2.27. The van der Waals surface area contributed by atoms with Crippen molar-refractivity contribution in [3.63, 3.8) is 0 Å². The summed E-state index contributed by atoms with van der Waals surface area (Å²) in [5.41, 5.74) is 0.886. The van der Waals surface area contributed by atoms with Crippen LogP contribution in [0.1, 0.15) is 32.4 Å². The van der Waals surface area contributed by atoms with Gasteiger partial charge in [-0.05, 0) is 38.5 Å². The molecule has 1 unspecified atom stereocenters. The molecule has 0 fully saturated rings. The second kappa shape index (κ2) is 6.94. The van der Waals surface area contributed by atoms with Gasteiger partial charge in [0.25, 0.3) is 0 Å². The number of hydrogen-bond donors (Lipinski definition) is 1. The van der Waals surface area contributed by atoms with Crippen LogP contribution < -0.4 is 5.32 Å². The fourth-order valence-corrected chi connectivity index (χ4v) is 1.59. The Morgan fingerprint density at radius 3 is 2.65 bits per heavy atom. The van der Waals surface area contributed by atoms with Gasteiger partial charge in [0.2, 0.25) is 0 Å². The largest absolute Gasteiger partial charge is 0.377 e. The molecule has 1 aromatic carbocycles. The van der Waals surface area contributed by atoms with Crippen molar-refractivity contribution in [3.8, 4) is 0 Å². The van der Waals surface area contributed by atoms with Crippen molar-refractivity contribution in [2.24, 2.45) is 0 Å². The first-order valence-electron chi connectivity index (χ1n) is 5.80. The van der Waals surface area contributed by atoms with Crippen molar-refractivity contribution in [1.82, 2.24) is 5.32 Å². The summed E-state index contributed by atoms with van der Waals surface area (Å²) in [6, 6.07) is 4.95. The van der Waals surface area contributed by atoms with E-state index in [0.29, 0.717) is 6.61 Å². The SMILES string of the molecule is CC(C)OCCNC(C)c1ccc(Cl)c(F)c1. The first-order valence-corrected chi connectivity index (χ1v) is 6.18. The standard InChI is InChI=1S/C13H19ClFNO/c1-9(2)17-7-6-16-10(3)11-4-5-12(14)13(15)8-11/h4-5,8-10,16H,6-7H2,1-3H3. The topological polar surface area (TPSA) is 21.3 Å². The second-order valence-electron chi connectivity index (χ2n) is 4.27. The van der Waals surface area contributed by atoms with Crippen molar-refractivity contribution in [1.29, 1.82) is 0 Å². The molecule has 0 aromatic heterocycles. The Morgan fingerprint density at radius 1 is 1.35 bits per heavy atom. The van der Waals surface area contributed by atoms with Crippen molar-refractivity contribution in [3.05, 3.63) is 34.6 Å². The Hall–Kier alpha value is -0.640. The molecule has 0 aliphatic heterocycles. The van der Waals surface area contributed by atoms with Gasteiger partial charge >= 0.3 is 0 Å². The monoisotopic (exact) mass is 259 g/mol. The van der Waals surface area contributed by atoms with E-state index in [9.17, 15) is 4.39 Å². The molecule has 2 nitrogen and oxygen atoms in total. The van der Waals surface area contributed by atoms with Crippen molar-refractivity contribution < 1.29 is 9.13 Å². The third-order valence-electron chi connectivity index (χ3n) is 2.45. The molecular formula is C13H19ClFNO. The van der Waals surface area contributed by atoms with E-state index >= 15 is 0 Å². The molecule has 0 radical (unpaired) electrons. The lowest BCUT2D eigenvalue weighted by atomic mass is 10.1. The highest BCUT2D eigenvalue weighted by Gasteiger charge is 2.07. The summed E-state index contributed by atoms with van der Waals surface area (Å²) in [5, 5.41) is 3.42. The Bertz CT molecular complexity index is 357. The highest BCUT2D eigenvalue weighted by Crippen LogP contribution is 2.19. The lowest BCUT2D eigenvalue weighted by Crippen LogP contribution is -2.24. The number of halogens is 2. The minimum absolute atomic E-state index is 0.0810. The summed E-state index contributed by atoms with van der Waals surface area (Å²) in [6.07, 6.45) is 0.236. The van der Waals surface area contributed by atoms with Crippen LogP contribution in [0.25, 0.3) is 0 Å². The summed E-state index contributed by atoms with van der Waals surface area (Å²) in [6.45, 7) is 7.37. The predicted molar refractivity (Wildman–Crippen MR) is 68.9 cm³/mol. The third-order valence-corrected chi connectivity index (χ3v) is 2.75. The normalized spacial score (nSPS) is 13.1. The maximum Gasteiger partial charge on any atom is 0.142 e. The highest BCUT2D eigenvalue weighted by molar-refractivity contribution is 6.30. The fourth-order valence-electron chi connectivity index (χ4n) is 1.47. The zero-order valence-electron chi connectivity index (χ0n) is 10.5. The molecule has 0 saturated heterocycles. The van der Waals surface area contributed by atoms with Crippen LogP contribution in [0.4, 0.5) is 4.39 Å². The number of nitrogens with one attached hydrogen (secondary N) is 1. The molecule has 1 aromatic rings. The summed E-state index contributed by atoms with van der Waals surface area (Å²) >= 11 is 5.63. The van der Waals surface area contributed by atoms with E-state index in [1.165, 1.54) is 6.07 Å². The van der Waals surface area contributed by atoms with Crippen molar-refractivity contribution in [2.75, 3.05) is 13.2 Å². The van der Waals surface area contributed by atoms with E-state index in [1.807, 2.05) is 26.8 Å². The van der Waals surface area contributed by atoms with Gasteiger partial charge in [0.05, 0.1) is 17.7 Å². The second-order valence-corrected chi connectivity index (χ2v) is 4.68. The molecule has 1 N–H and O–H groups in total. The quantitative estimate of drug-likeness (QED) is 0.789.